The highest BCUT2D eigenvalue weighted by Crippen LogP contribution is 2.29. The predicted molar refractivity (Wildman–Crippen MR) is 226 cm³/mol. The van der Waals surface area contributed by atoms with Gasteiger partial charge in [-0.2, -0.15) is 5.10 Å². The number of amides is 3. The Morgan fingerprint density at radius 2 is 1.40 bits per heavy atom. The van der Waals surface area contributed by atoms with E-state index in [-0.39, 0.29) is 41.2 Å². The van der Waals surface area contributed by atoms with Gasteiger partial charge >= 0.3 is 0 Å². The maximum atomic E-state index is 15.0. The molecule has 1 unspecified atom stereocenters. The number of H-pyrrole nitrogens is 1. The van der Waals surface area contributed by atoms with E-state index in [0.29, 0.717) is 67.1 Å². The van der Waals surface area contributed by atoms with Gasteiger partial charge in [0.2, 0.25) is 11.8 Å². The molecular formula is C45H66FN7O5. The topological polar surface area (TPSA) is 131 Å². The molecule has 318 valence electrons. The van der Waals surface area contributed by atoms with Crippen molar-refractivity contribution in [2.45, 2.75) is 110 Å². The second kappa shape index (κ2) is 22.2. The van der Waals surface area contributed by atoms with Crippen molar-refractivity contribution >= 4 is 28.5 Å². The van der Waals surface area contributed by atoms with Crippen LogP contribution >= 0.6 is 0 Å². The number of nitrogens with zero attached hydrogens (tertiary/aromatic N) is 5. The Balaban J connectivity index is 0.00000155. The van der Waals surface area contributed by atoms with Crippen LogP contribution in [-0.4, -0.2) is 132 Å². The van der Waals surface area contributed by atoms with Crippen LogP contribution in [0, 0.1) is 11.7 Å². The highest BCUT2D eigenvalue weighted by atomic mass is 19.1. The molecule has 1 aromatic heterocycles. The molecule has 1 atom stereocenters. The first-order valence-corrected chi connectivity index (χ1v) is 21.9. The van der Waals surface area contributed by atoms with Gasteiger partial charge in [-0.15, -0.1) is 0 Å². The third-order valence-electron chi connectivity index (χ3n) is 12.1. The highest BCUT2D eigenvalue weighted by Gasteiger charge is 2.35. The molecule has 3 saturated heterocycles. The number of aromatic nitrogens is 2. The number of fused-ring (bicyclic) bond motifs is 1. The third-order valence-corrected chi connectivity index (χ3v) is 12.1. The fraction of sp³-hybridized carbons (Fsp3) is 0.622. The van der Waals surface area contributed by atoms with E-state index in [1.165, 1.54) is 25.3 Å². The molecule has 4 heterocycles. The minimum absolute atomic E-state index is 0.0118. The van der Waals surface area contributed by atoms with Crippen LogP contribution in [0.4, 0.5) is 4.39 Å². The lowest BCUT2D eigenvalue weighted by atomic mass is 9.83. The molecule has 0 radical (unpaired) electrons. The molecule has 12 nitrogen and oxygen atoms in total. The van der Waals surface area contributed by atoms with Crippen molar-refractivity contribution in [3.63, 3.8) is 0 Å². The lowest BCUT2D eigenvalue weighted by Crippen LogP contribution is -2.53. The van der Waals surface area contributed by atoms with E-state index in [9.17, 15) is 23.6 Å². The molecule has 13 heteroatoms. The second-order valence-corrected chi connectivity index (χ2v) is 15.5. The SMILES string of the molecule is CC.CC.CNC(C(=O)N1CCC(OC2CCN(CC(=O)N3CCN(C(=O)c4cc(Cc5n[nH]c(=O)c6ccccc56)ccc4F)CC3)CC2)CC1)C1CCCCC1. The van der Waals surface area contributed by atoms with Gasteiger partial charge in [-0.1, -0.05) is 71.2 Å². The van der Waals surface area contributed by atoms with Gasteiger partial charge in [0, 0.05) is 64.2 Å². The van der Waals surface area contributed by atoms with Crippen molar-refractivity contribution < 1.29 is 23.5 Å². The molecule has 4 aliphatic rings. The summed E-state index contributed by atoms with van der Waals surface area (Å²) in [4.78, 5) is 59.9. The number of halogens is 1. The van der Waals surface area contributed by atoms with Crippen LogP contribution in [0.3, 0.4) is 0 Å². The van der Waals surface area contributed by atoms with E-state index in [1.54, 1.807) is 34.1 Å². The molecular weight excluding hydrogens is 738 g/mol. The first kappa shape index (κ1) is 44.9. The number of hydrogen-bond acceptors (Lipinski definition) is 8. The van der Waals surface area contributed by atoms with Gasteiger partial charge in [0.25, 0.3) is 11.5 Å². The molecule has 7 rings (SSSR count). The van der Waals surface area contributed by atoms with Crippen molar-refractivity contribution in [2.75, 3.05) is 66.0 Å². The summed E-state index contributed by atoms with van der Waals surface area (Å²) in [5.74, 6) is -0.261. The van der Waals surface area contributed by atoms with E-state index < -0.39 is 11.7 Å². The van der Waals surface area contributed by atoms with E-state index >= 15 is 0 Å². The number of hydrogen-bond donors (Lipinski definition) is 2. The maximum Gasteiger partial charge on any atom is 0.272 e. The molecule has 58 heavy (non-hydrogen) atoms. The van der Waals surface area contributed by atoms with E-state index in [1.807, 2.05) is 51.8 Å². The summed E-state index contributed by atoms with van der Waals surface area (Å²) < 4.78 is 21.5. The van der Waals surface area contributed by atoms with Gasteiger partial charge in [-0.25, -0.2) is 9.49 Å². The van der Waals surface area contributed by atoms with Gasteiger partial charge in [-0.05, 0) is 75.3 Å². The molecule has 2 aromatic carbocycles. The first-order valence-electron chi connectivity index (χ1n) is 21.9. The summed E-state index contributed by atoms with van der Waals surface area (Å²) in [5, 5.41) is 11.3. The summed E-state index contributed by atoms with van der Waals surface area (Å²) in [5.41, 5.74) is 1.05. The Hall–Kier alpha value is -4.20. The predicted octanol–water partition coefficient (Wildman–Crippen LogP) is 5.63. The standard InChI is InChI=1S/C41H54FN7O5.2C2H6/c1-43-38(29-7-3-2-4-8-29)41(53)48-19-15-31(16-20-48)54-30-13-17-46(18-14-30)27-37(50)47-21-23-49(24-22-47)40(52)34-25-28(11-12-35(34)42)26-36-32-9-5-6-10-33(32)39(51)45-44-36;2*1-2/h5-6,9-12,25,29-31,38,43H,2-4,7-8,13-24,26-27H2,1H3,(H,45,51);2*1-2H3. The number of aromatic amines is 1. The molecule has 0 spiro atoms. The number of rotatable bonds is 10. The maximum absolute atomic E-state index is 15.0. The number of likely N-dealkylation sites (N-methyl/N-ethyl adjacent to an activating group) is 1. The number of piperazine rings is 1. The van der Waals surface area contributed by atoms with E-state index in [4.69, 9.17) is 4.74 Å². The third kappa shape index (κ3) is 11.3. The van der Waals surface area contributed by atoms with Crippen LogP contribution in [0.2, 0.25) is 0 Å². The average molecular weight is 804 g/mol. The molecule has 1 aliphatic carbocycles. The number of benzene rings is 2. The molecule has 1 saturated carbocycles. The van der Waals surface area contributed by atoms with Gasteiger partial charge in [-0.3, -0.25) is 24.1 Å². The number of carbonyl (C=O) groups is 3. The minimum atomic E-state index is -0.595. The summed E-state index contributed by atoms with van der Waals surface area (Å²) in [7, 11) is 1.92. The zero-order chi connectivity index (χ0) is 41.6. The van der Waals surface area contributed by atoms with E-state index in [2.05, 4.69) is 20.4 Å². The normalized spacial score (nSPS) is 19.2. The average Bonchev–Trinajstić information content (AvgIpc) is 3.28. The van der Waals surface area contributed by atoms with Crippen molar-refractivity contribution in [1.82, 2.24) is 35.1 Å². The van der Waals surface area contributed by atoms with Gasteiger partial charge in [0.05, 0.1) is 41.4 Å². The number of carbonyl (C=O) groups excluding carboxylic acids is 3. The monoisotopic (exact) mass is 804 g/mol. The first-order chi connectivity index (χ1) is 28.3. The molecule has 3 aliphatic heterocycles. The van der Waals surface area contributed by atoms with Gasteiger partial charge in [0.15, 0.2) is 0 Å². The molecule has 3 amide bonds. The summed E-state index contributed by atoms with van der Waals surface area (Å²) in [6.07, 6.45) is 10.1. The smallest absolute Gasteiger partial charge is 0.272 e. The Kier molecular flexibility index (Phi) is 17.2. The number of ether oxygens (including phenoxy) is 1. The Bertz CT molecular complexity index is 1840. The Labute approximate surface area is 343 Å². The lowest BCUT2D eigenvalue weighted by molar-refractivity contribution is -0.140. The molecule has 2 N–H and O–H groups in total. The van der Waals surface area contributed by atoms with E-state index in [0.717, 1.165) is 64.7 Å². The summed E-state index contributed by atoms with van der Waals surface area (Å²) >= 11 is 0. The molecule has 0 bridgehead atoms. The van der Waals surface area contributed by atoms with Crippen LogP contribution in [0.5, 0.6) is 0 Å². The Morgan fingerprint density at radius 3 is 2.03 bits per heavy atom. The van der Waals surface area contributed by atoms with Crippen LogP contribution in [0.1, 0.15) is 107 Å². The molecule has 3 aromatic rings. The Morgan fingerprint density at radius 1 is 0.793 bits per heavy atom. The van der Waals surface area contributed by atoms with Crippen molar-refractivity contribution in [3.8, 4) is 0 Å². The number of likely N-dealkylation sites (tertiary alicyclic amines) is 2. The van der Waals surface area contributed by atoms with Crippen molar-refractivity contribution in [3.05, 3.63) is 75.5 Å². The van der Waals surface area contributed by atoms with Crippen LogP contribution in [-0.2, 0) is 20.7 Å². The van der Waals surface area contributed by atoms with Gasteiger partial charge < -0.3 is 24.8 Å². The second-order valence-electron chi connectivity index (χ2n) is 15.5. The summed E-state index contributed by atoms with van der Waals surface area (Å²) in [6, 6.07) is 11.6. The number of piperidine rings is 2. The van der Waals surface area contributed by atoms with Crippen LogP contribution in [0.15, 0.2) is 47.3 Å². The zero-order valence-corrected chi connectivity index (χ0v) is 35.4. The quantitative estimate of drug-likeness (QED) is 0.270. The van der Waals surface area contributed by atoms with Crippen molar-refractivity contribution in [2.24, 2.45) is 5.92 Å². The number of nitrogens with one attached hydrogen (secondary N) is 2. The lowest BCUT2D eigenvalue weighted by Gasteiger charge is -2.39. The molecule has 4 fully saturated rings. The highest BCUT2D eigenvalue weighted by molar-refractivity contribution is 5.95. The fourth-order valence-corrected chi connectivity index (χ4v) is 8.88. The van der Waals surface area contributed by atoms with Gasteiger partial charge in [0.1, 0.15) is 5.82 Å². The largest absolute Gasteiger partial charge is 0.375 e. The fourth-order valence-electron chi connectivity index (χ4n) is 8.88. The zero-order valence-electron chi connectivity index (χ0n) is 35.4. The minimum Gasteiger partial charge on any atom is -0.375 e. The van der Waals surface area contributed by atoms with Crippen LogP contribution < -0.4 is 10.9 Å². The van der Waals surface area contributed by atoms with Crippen LogP contribution in [0.25, 0.3) is 10.8 Å². The van der Waals surface area contributed by atoms with Crippen molar-refractivity contribution in [1.29, 1.82) is 0 Å². The summed E-state index contributed by atoms with van der Waals surface area (Å²) in [6.45, 7) is 12.9.